The van der Waals surface area contributed by atoms with Gasteiger partial charge in [-0.05, 0) is 55.0 Å². The number of methoxy groups -OCH3 is 1. The molecule has 0 aliphatic carbocycles. The van der Waals surface area contributed by atoms with Gasteiger partial charge in [0.2, 0.25) is 15.9 Å². The molecular weight excluding hydrogens is 410 g/mol. The summed E-state index contributed by atoms with van der Waals surface area (Å²) < 4.78 is 41.2. The Hall–Kier alpha value is -3.40. The van der Waals surface area contributed by atoms with Crippen LogP contribution in [0.3, 0.4) is 0 Å². The zero-order chi connectivity index (χ0) is 21.1. The molecule has 30 heavy (non-hydrogen) atoms. The van der Waals surface area contributed by atoms with Crippen molar-refractivity contribution in [2.75, 3.05) is 23.7 Å². The summed E-state index contributed by atoms with van der Waals surface area (Å²) in [6.45, 7) is 0.268. The van der Waals surface area contributed by atoms with Crippen molar-refractivity contribution in [3.63, 3.8) is 0 Å². The first kappa shape index (κ1) is 19.9. The molecule has 2 heterocycles. The standard InChI is InChI=1S/C20H19N3O6S/c1-27-17-9-5-14(6-10-17)19-22-21-18(29-19)13-28-20(24)15-3-7-16(8-4-15)23-11-2-12-30(23,25)26/h3-10H,2,11-13H2,1H3. The fourth-order valence-corrected chi connectivity index (χ4v) is 4.63. The number of rotatable bonds is 6. The third-order valence-corrected chi connectivity index (χ3v) is 6.49. The molecule has 0 amide bonds. The van der Waals surface area contributed by atoms with Crippen LogP contribution in [-0.2, 0) is 21.4 Å². The molecule has 0 atom stereocenters. The second kappa shape index (κ2) is 8.15. The van der Waals surface area contributed by atoms with Crippen LogP contribution in [0.2, 0.25) is 0 Å². The Bertz CT molecular complexity index is 1140. The Morgan fingerprint density at radius 1 is 1.10 bits per heavy atom. The van der Waals surface area contributed by atoms with Crippen LogP contribution in [0.1, 0.15) is 22.7 Å². The van der Waals surface area contributed by atoms with Gasteiger partial charge in [0, 0.05) is 12.1 Å². The average molecular weight is 429 g/mol. The van der Waals surface area contributed by atoms with Crippen LogP contribution >= 0.6 is 0 Å². The summed E-state index contributed by atoms with van der Waals surface area (Å²) in [4.78, 5) is 12.3. The lowest BCUT2D eigenvalue weighted by Gasteiger charge is -2.16. The number of hydrogen-bond acceptors (Lipinski definition) is 8. The van der Waals surface area contributed by atoms with Gasteiger partial charge in [0.25, 0.3) is 5.89 Å². The van der Waals surface area contributed by atoms with Crippen LogP contribution in [0, 0.1) is 0 Å². The highest BCUT2D eigenvalue weighted by molar-refractivity contribution is 7.93. The number of carbonyl (C=O) groups is 1. The fourth-order valence-electron chi connectivity index (χ4n) is 3.07. The van der Waals surface area contributed by atoms with Crippen LogP contribution in [0.4, 0.5) is 5.69 Å². The Morgan fingerprint density at radius 3 is 2.47 bits per heavy atom. The molecule has 2 aromatic carbocycles. The van der Waals surface area contributed by atoms with Gasteiger partial charge in [-0.15, -0.1) is 10.2 Å². The monoisotopic (exact) mass is 429 g/mol. The Kier molecular flexibility index (Phi) is 5.40. The number of benzene rings is 2. The summed E-state index contributed by atoms with van der Waals surface area (Å²) in [7, 11) is -1.68. The van der Waals surface area contributed by atoms with E-state index in [2.05, 4.69) is 10.2 Å². The zero-order valence-corrected chi connectivity index (χ0v) is 17.0. The molecule has 9 nitrogen and oxygen atoms in total. The third kappa shape index (κ3) is 4.13. The first-order chi connectivity index (χ1) is 14.5. The number of ether oxygens (including phenoxy) is 2. The molecule has 10 heteroatoms. The van der Waals surface area contributed by atoms with Gasteiger partial charge in [-0.25, -0.2) is 13.2 Å². The topological polar surface area (TPSA) is 112 Å². The third-order valence-electron chi connectivity index (χ3n) is 4.62. The van der Waals surface area contributed by atoms with E-state index in [0.717, 1.165) is 0 Å². The number of hydrogen-bond donors (Lipinski definition) is 0. The first-order valence-corrected chi connectivity index (χ1v) is 10.8. The van der Waals surface area contributed by atoms with Crippen molar-refractivity contribution in [2.24, 2.45) is 0 Å². The molecular formula is C20H19N3O6S. The second-order valence-electron chi connectivity index (χ2n) is 6.59. The van der Waals surface area contributed by atoms with E-state index in [9.17, 15) is 13.2 Å². The maximum atomic E-state index is 12.3. The van der Waals surface area contributed by atoms with E-state index in [1.165, 1.54) is 16.4 Å². The van der Waals surface area contributed by atoms with Crippen LogP contribution in [0.25, 0.3) is 11.5 Å². The lowest BCUT2D eigenvalue weighted by molar-refractivity contribution is 0.0438. The summed E-state index contributed by atoms with van der Waals surface area (Å²) >= 11 is 0. The normalized spacial score (nSPS) is 15.2. The van der Waals surface area contributed by atoms with Gasteiger partial charge in [0.1, 0.15) is 5.75 Å². The summed E-state index contributed by atoms with van der Waals surface area (Å²) in [6, 6.07) is 13.4. The molecule has 1 fully saturated rings. The number of anilines is 1. The summed E-state index contributed by atoms with van der Waals surface area (Å²) in [6.07, 6.45) is 0.592. The molecule has 0 spiro atoms. The number of carbonyl (C=O) groups excluding carboxylic acids is 1. The van der Waals surface area contributed by atoms with E-state index in [4.69, 9.17) is 13.9 Å². The summed E-state index contributed by atoms with van der Waals surface area (Å²) in [5.74, 6) is 0.740. The summed E-state index contributed by atoms with van der Waals surface area (Å²) in [5.41, 5.74) is 1.55. The SMILES string of the molecule is COc1ccc(-c2nnc(COC(=O)c3ccc(N4CCCS4(=O)=O)cc3)o2)cc1. The molecule has 4 rings (SSSR count). The van der Waals surface area contributed by atoms with Crippen molar-refractivity contribution in [3.8, 4) is 17.2 Å². The minimum absolute atomic E-state index is 0.138. The minimum Gasteiger partial charge on any atom is -0.497 e. The molecule has 0 saturated carbocycles. The maximum Gasteiger partial charge on any atom is 0.338 e. The molecule has 1 aromatic heterocycles. The smallest absolute Gasteiger partial charge is 0.338 e. The zero-order valence-electron chi connectivity index (χ0n) is 16.1. The second-order valence-corrected chi connectivity index (χ2v) is 8.61. The Balaban J connectivity index is 1.37. The van der Waals surface area contributed by atoms with Gasteiger partial charge in [-0.2, -0.15) is 0 Å². The molecule has 1 aliphatic rings. The van der Waals surface area contributed by atoms with Crippen molar-refractivity contribution in [1.82, 2.24) is 10.2 Å². The average Bonchev–Trinajstić information content (AvgIpc) is 3.38. The predicted molar refractivity (Wildman–Crippen MR) is 108 cm³/mol. The summed E-state index contributed by atoms with van der Waals surface area (Å²) in [5, 5.41) is 7.84. The highest BCUT2D eigenvalue weighted by Gasteiger charge is 2.28. The fraction of sp³-hybridized carbons (Fsp3) is 0.250. The number of esters is 1. The van der Waals surface area contributed by atoms with Gasteiger partial charge in [0.15, 0.2) is 6.61 Å². The van der Waals surface area contributed by atoms with Gasteiger partial charge < -0.3 is 13.9 Å². The Labute approximate surface area is 173 Å². The predicted octanol–water partition coefficient (Wildman–Crippen LogP) is 2.64. The first-order valence-electron chi connectivity index (χ1n) is 9.21. The maximum absolute atomic E-state index is 12.3. The van der Waals surface area contributed by atoms with E-state index >= 15 is 0 Å². The number of sulfonamides is 1. The van der Waals surface area contributed by atoms with E-state index < -0.39 is 16.0 Å². The van der Waals surface area contributed by atoms with Crippen molar-refractivity contribution < 1.29 is 27.1 Å². The lowest BCUT2D eigenvalue weighted by atomic mass is 10.2. The van der Waals surface area contributed by atoms with Crippen LogP contribution in [-0.4, -0.2) is 44.0 Å². The highest BCUT2D eigenvalue weighted by atomic mass is 32.2. The van der Waals surface area contributed by atoms with E-state index in [0.29, 0.717) is 41.4 Å². The van der Waals surface area contributed by atoms with Crippen molar-refractivity contribution in [2.45, 2.75) is 13.0 Å². The molecule has 1 aliphatic heterocycles. The molecule has 0 bridgehead atoms. The quantitative estimate of drug-likeness (QED) is 0.550. The largest absolute Gasteiger partial charge is 0.497 e. The molecule has 0 unspecified atom stereocenters. The van der Waals surface area contributed by atoms with Gasteiger partial charge in [-0.1, -0.05) is 0 Å². The van der Waals surface area contributed by atoms with Crippen LogP contribution in [0.5, 0.6) is 5.75 Å². The molecule has 1 saturated heterocycles. The van der Waals surface area contributed by atoms with E-state index in [1.54, 1.807) is 43.5 Å². The molecule has 0 radical (unpaired) electrons. The lowest BCUT2D eigenvalue weighted by Crippen LogP contribution is -2.25. The molecule has 0 N–H and O–H groups in total. The van der Waals surface area contributed by atoms with Crippen molar-refractivity contribution >= 4 is 21.7 Å². The number of nitrogens with zero attached hydrogens (tertiary/aromatic N) is 3. The van der Waals surface area contributed by atoms with E-state index in [-0.39, 0.29) is 18.3 Å². The number of aromatic nitrogens is 2. The van der Waals surface area contributed by atoms with Crippen molar-refractivity contribution in [1.29, 1.82) is 0 Å². The molecule has 3 aromatic rings. The minimum atomic E-state index is -3.26. The Morgan fingerprint density at radius 2 is 1.83 bits per heavy atom. The van der Waals surface area contributed by atoms with Crippen molar-refractivity contribution in [3.05, 3.63) is 60.0 Å². The molecule has 156 valence electrons. The van der Waals surface area contributed by atoms with E-state index in [1.807, 2.05) is 0 Å². The van der Waals surface area contributed by atoms with Gasteiger partial charge in [0.05, 0.1) is 24.1 Å². The van der Waals surface area contributed by atoms with Crippen LogP contribution < -0.4 is 9.04 Å². The van der Waals surface area contributed by atoms with Gasteiger partial charge in [-0.3, -0.25) is 4.31 Å². The highest BCUT2D eigenvalue weighted by Crippen LogP contribution is 2.25. The van der Waals surface area contributed by atoms with Crippen LogP contribution in [0.15, 0.2) is 52.9 Å². The van der Waals surface area contributed by atoms with Gasteiger partial charge >= 0.3 is 5.97 Å².